The number of benzene rings is 1. The molecule has 0 fully saturated rings. The lowest BCUT2D eigenvalue weighted by Gasteiger charge is -2.22. The second-order valence-electron chi connectivity index (χ2n) is 7.02. The Morgan fingerprint density at radius 2 is 1.93 bits per heavy atom. The monoisotopic (exact) mass is 484 g/mol. The Bertz CT molecular complexity index is 984. The maximum atomic E-state index is 11.2. The van der Waals surface area contributed by atoms with E-state index in [4.69, 9.17) is 34.8 Å². The molecule has 160 valence electrons. The van der Waals surface area contributed by atoms with Crippen molar-refractivity contribution in [1.29, 1.82) is 0 Å². The van der Waals surface area contributed by atoms with Crippen LogP contribution in [0.5, 0.6) is 5.75 Å². The summed E-state index contributed by atoms with van der Waals surface area (Å²) in [7, 11) is 0. The molecule has 0 saturated heterocycles. The van der Waals surface area contributed by atoms with Gasteiger partial charge in [-0.2, -0.15) is 0 Å². The Hall–Kier alpha value is -1.66. The maximum Gasteiger partial charge on any atom is 0.172 e. The number of pyridine rings is 1. The van der Waals surface area contributed by atoms with Crippen molar-refractivity contribution in [3.05, 3.63) is 62.3 Å². The smallest absolute Gasteiger partial charge is 0.172 e. The van der Waals surface area contributed by atoms with Gasteiger partial charge in [-0.05, 0) is 42.5 Å². The van der Waals surface area contributed by atoms with Crippen LogP contribution in [-0.4, -0.2) is 20.9 Å². The van der Waals surface area contributed by atoms with Crippen LogP contribution < -0.4 is 0 Å². The van der Waals surface area contributed by atoms with Crippen LogP contribution in [0.25, 0.3) is 10.6 Å². The van der Waals surface area contributed by atoms with Crippen LogP contribution in [0.4, 0.5) is 0 Å². The summed E-state index contributed by atoms with van der Waals surface area (Å²) in [5, 5.41) is 11.9. The Morgan fingerprint density at radius 3 is 2.40 bits per heavy atom. The molecular weight excluding hydrogens is 463 g/mol. The number of hydrogen-bond acceptors (Lipinski definition) is 5. The highest BCUT2D eigenvalue weighted by atomic mass is 35.5. The van der Waals surface area contributed by atoms with Gasteiger partial charge in [-0.25, -0.2) is 4.98 Å². The van der Waals surface area contributed by atoms with Gasteiger partial charge in [-0.15, -0.1) is 11.3 Å². The van der Waals surface area contributed by atoms with Gasteiger partial charge < -0.3 is 5.11 Å². The molecule has 1 atom stereocenters. The van der Waals surface area contributed by atoms with E-state index in [1.165, 1.54) is 18.3 Å². The number of aromatic nitrogens is 2. The minimum atomic E-state index is -0.0624. The van der Waals surface area contributed by atoms with Crippen molar-refractivity contribution in [2.75, 3.05) is 0 Å². The van der Waals surface area contributed by atoms with E-state index in [1.807, 2.05) is 12.1 Å². The van der Waals surface area contributed by atoms with Crippen LogP contribution in [0.3, 0.4) is 0 Å². The first-order valence-electron chi connectivity index (χ1n) is 9.41. The Balaban J connectivity index is 0.000000214. The zero-order chi connectivity index (χ0) is 22.4. The lowest BCUT2D eigenvalue weighted by molar-refractivity contribution is 0.102. The van der Waals surface area contributed by atoms with E-state index in [1.54, 1.807) is 24.5 Å². The molecule has 0 aliphatic carbocycles. The van der Waals surface area contributed by atoms with Crippen molar-refractivity contribution < 1.29 is 9.90 Å². The van der Waals surface area contributed by atoms with Gasteiger partial charge >= 0.3 is 0 Å². The summed E-state index contributed by atoms with van der Waals surface area (Å²) in [6.07, 6.45) is 4.33. The Kier molecular flexibility index (Phi) is 9.10. The number of halogens is 3. The highest BCUT2D eigenvalue weighted by Gasteiger charge is 2.21. The molecule has 30 heavy (non-hydrogen) atoms. The predicted octanol–water partition coefficient (Wildman–Crippen LogP) is 7.91. The van der Waals surface area contributed by atoms with Crippen molar-refractivity contribution in [1.82, 2.24) is 9.97 Å². The minimum absolute atomic E-state index is 0.0624. The molecule has 0 bridgehead atoms. The van der Waals surface area contributed by atoms with Crippen LogP contribution in [0.15, 0.2) is 36.7 Å². The minimum Gasteiger partial charge on any atom is -0.508 e. The van der Waals surface area contributed by atoms with Crippen LogP contribution in [0.2, 0.25) is 15.2 Å². The Morgan fingerprint density at radius 1 is 1.23 bits per heavy atom. The van der Waals surface area contributed by atoms with E-state index in [0.29, 0.717) is 20.8 Å². The van der Waals surface area contributed by atoms with Gasteiger partial charge in [-0.3, -0.25) is 9.78 Å². The number of Topliss-reactive ketones (excluding diaryl/α,β-unsaturated/α-hetero) is 1. The van der Waals surface area contributed by atoms with Gasteiger partial charge in [0.25, 0.3) is 0 Å². The van der Waals surface area contributed by atoms with E-state index >= 15 is 0 Å². The van der Waals surface area contributed by atoms with Crippen LogP contribution in [-0.2, 0) is 0 Å². The summed E-state index contributed by atoms with van der Waals surface area (Å²) in [4.78, 5) is 19.8. The zero-order valence-electron chi connectivity index (χ0n) is 17.1. The molecule has 3 rings (SSSR count). The number of phenolic OH excluding ortho intramolecular Hbond substituents is 1. The number of phenols is 1. The summed E-state index contributed by atoms with van der Waals surface area (Å²) >= 11 is 19.0. The lowest BCUT2D eigenvalue weighted by atomic mass is 9.86. The number of hydrogen-bond donors (Lipinski definition) is 1. The van der Waals surface area contributed by atoms with Gasteiger partial charge in [0.2, 0.25) is 0 Å². The van der Waals surface area contributed by atoms with E-state index in [0.717, 1.165) is 22.6 Å². The van der Waals surface area contributed by atoms with E-state index in [-0.39, 0.29) is 22.6 Å². The van der Waals surface area contributed by atoms with Crippen LogP contribution >= 0.6 is 46.1 Å². The first kappa shape index (κ1) is 24.6. The van der Waals surface area contributed by atoms with Crippen LogP contribution in [0.1, 0.15) is 55.3 Å². The second kappa shape index (κ2) is 11.1. The van der Waals surface area contributed by atoms with Crippen molar-refractivity contribution >= 4 is 51.9 Å². The number of thiazole rings is 1. The average Bonchev–Trinajstić information content (AvgIpc) is 3.07. The number of ketones is 1. The third kappa shape index (κ3) is 6.17. The molecule has 0 spiro atoms. The molecule has 2 heterocycles. The standard InChI is InChI=1S/C12H16Cl2O.C10H7ClN2OS/c1-4-9(7(2)3)12-10(14)5-8(13)6-11(12)15;1-6(14)8-9(11)13-10(15-8)7-3-2-4-12-5-7/h5-7,9,15H,4H2,1-3H3;2-5H,1H3. The van der Waals surface area contributed by atoms with Crippen molar-refractivity contribution in [2.24, 2.45) is 5.92 Å². The fraction of sp³-hybridized carbons (Fsp3) is 0.318. The van der Waals surface area contributed by atoms with E-state index in [2.05, 4.69) is 30.7 Å². The van der Waals surface area contributed by atoms with Gasteiger partial charge in [-0.1, -0.05) is 55.6 Å². The molecule has 1 aromatic carbocycles. The summed E-state index contributed by atoms with van der Waals surface area (Å²) in [5.74, 6) is 0.857. The molecule has 1 unspecified atom stereocenters. The zero-order valence-corrected chi connectivity index (χ0v) is 20.2. The second-order valence-corrected chi connectivity index (χ2v) is 9.22. The average molecular weight is 486 g/mol. The van der Waals surface area contributed by atoms with E-state index in [9.17, 15) is 9.90 Å². The predicted molar refractivity (Wildman–Crippen MR) is 126 cm³/mol. The van der Waals surface area contributed by atoms with Crippen molar-refractivity contribution in [3.8, 4) is 16.3 Å². The van der Waals surface area contributed by atoms with Crippen LogP contribution in [0, 0.1) is 5.92 Å². The molecule has 1 N–H and O–H groups in total. The molecule has 3 aromatic rings. The number of carbonyl (C=O) groups excluding carboxylic acids is 1. The summed E-state index contributed by atoms with van der Waals surface area (Å²) in [5.41, 5.74) is 1.69. The van der Waals surface area contributed by atoms with Gasteiger partial charge in [0, 0.05) is 40.5 Å². The quantitative estimate of drug-likeness (QED) is 0.373. The maximum absolute atomic E-state index is 11.2. The normalized spacial score (nSPS) is 11.7. The molecule has 4 nitrogen and oxygen atoms in total. The lowest BCUT2D eigenvalue weighted by Crippen LogP contribution is -2.06. The number of aromatic hydroxyl groups is 1. The largest absolute Gasteiger partial charge is 0.508 e. The fourth-order valence-corrected chi connectivity index (χ4v) is 4.93. The van der Waals surface area contributed by atoms with E-state index < -0.39 is 0 Å². The van der Waals surface area contributed by atoms with Gasteiger partial charge in [0.15, 0.2) is 10.9 Å². The van der Waals surface area contributed by atoms with Crippen molar-refractivity contribution in [3.63, 3.8) is 0 Å². The first-order valence-corrected chi connectivity index (χ1v) is 11.4. The third-order valence-corrected chi connectivity index (χ3v) is 6.62. The first-order chi connectivity index (χ1) is 14.1. The number of nitrogens with zero attached hydrogens (tertiary/aromatic N) is 2. The topological polar surface area (TPSA) is 63.1 Å². The molecule has 0 aliphatic heterocycles. The van der Waals surface area contributed by atoms with Gasteiger partial charge in [0.05, 0.1) is 0 Å². The summed E-state index contributed by atoms with van der Waals surface area (Å²) in [6, 6.07) is 6.93. The molecule has 0 saturated carbocycles. The molecule has 0 aliphatic rings. The van der Waals surface area contributed by atoms with Crippen molar-refractivity contribution in [2.45, 2.75) is 40.0 Å². The third-order valence-electron chi connectivity index (χ3n) is 4.50. The molecule has 0 radical (unpaired) electrons. The summed E-state index contributed by atoms with van der Waals surface area (Å²) < 4.78 is 0. The number of rotatable bonds is 5. The highest BCUT2D eigenvalue weighted by molar-refractivity contribution is 7.17. The molecular formula is C22H23Cl3N2O2S. The molecule has 2 aromatic heterocycles. The number of carbonyl (C=O) groups is 1. The molecule has 0 amide bonds. The SMILES string of the molecule is CC(=O)c1sc(-c2cccnc2)nc1Cl.CCC(c1c(O)cc(Cl)cc1Cl)C(C)C. The summed E-state index contributed by atoms with van der Waals surface area (Å²) in [6.45, 7) is 7.82. The highest BCUT2D eigenvalue weighted by Crippen LogP contribution is 2.40. The fourth-order valence-electron chi connectivity index (χ4n) is 3.08. The molecule has 8 heteroatoms. The Labute approximate surface area is 195 Å². The van der Waals surface area contributed by atoms with Gasteiger partial charge in [0.1, 0.15) is 15.6 Å².